The topological polar surface area (TPSA) is 50.4 Å². The lowest BCUT2D eigenvalue weighted by Crippen LogP contribution is -1.99. The molecule has 3 nitrogen and oxygen atoms in total. The van der Waals surface area contributed by atoms with Crippen LogP contribution in [-0.2, 0) is 11.2 Å². The van der Waals surface area contributed by atoms with Crippen LogP contribution in [-0.4, -0.2) is 11.1 Å². The lowest BCUT2D eigenvalue weighted by Gasteiger charge is -1.94. The molecular formula is C11H9ClO3. The molecule has 1 aromatic heterocycles. The fraction of sp³-hybridized carbons (Fsp3) is 0.182. The van der Waals surface area contributed by atoms with Gasteiger partial charge < -0.3 is 9.52 Å². The zero-order valence-corrected chi connectivity index (χ0v) is 8.84. The van der Waals surface area contributed by atoms with E-state index in [0.29, 0.717) is 11.1 Å². The monoisotopic (exact) mass is 224 g/mol. The largest absolute Gasteiger partial charge is 0.481 e. The third kappa shape index (κ3) is 1.83. The first-order valence-electron chi connectivity index (χ1n) is 4.47. The first-order valence-corrected chi connectivity index (χ1v) is 4.85. The molecular weight excluding hydrogens is 216 g/mol. The standard InChI is InChI=1S/C11H9ClO3/c1-6-2-3-7-8(5-10(13)14)11(12)15-9(7)4-6/h2-4H,5H2,1H3,(H,13,14). The smallest absolute Gasteiger partial charge is 0.308 e. The third-order valence-electron chi connectivity index (χ3n) is 2.23. The third-order valence-corrected chi connectivity index (χ3v) is 2.53. The molecule has 0 saturated heterocycles. The molecule has 0 atom stereocenters. The van der Waals surface area contributed by atoms with Crippen LogP contribution in [0.15, 0.2) is 22.6 Å². The zero-order chi connectivity index (χ0) is 11.0. The number of hydrogen-bond donors (Lipinski definition) is 1. The number of aliphatic carboxylic acids is 1. The second kappa shape index (κ2) is 3.59. The fourth-order valence-corrected chi connectivity index (χ4v) is 1.80. The van der Waals surface area contributed by atoms with Crippen molar-refractivity contribution < 1.29 is 14.3 Å². The van der Waals surface area contributed by atoms with Crippen LogP contribution in [0.3, 0.4) is 0 Å². The number of benzene rings is 1. The summed E-state index contributed by atoms with van der Waals surface area (Å²) in [5.41, 5.74) is 2.23. The van der Waals surface area contributed by atoms with Crippen molar-refractivity contribution in [3.63, 3.8) is 0 Å². The molecule has 78 valence electrons. The predicted molar refractivity (Wildman–Crippen MR) is 57.3 cm³/mol. The van der Waals surface area contributed by atoms with E-state index in [2.05, 4.69) is 0 Å². The van der Waals surface area contributed by atoms with Gasteiger partial charge in [-0.1, -0.05) is 12.1 Å². The van der Waals surface area contributed by atoms with Gasteiger partial charge in [-0.05, 0) is 30.2 Å². The highest BCUT2D eigenvalue weighted by Gasteiger charge is 2.14. The van der Waals surface area contributed by atoms with Crippen molar-refractivity contribution in [2.75, 3.05) is 0 Å². The maximum Gasteiger partial charge on any atom is 0.308 e. The number of rotatable bonds is 2. The minimum absolute atomic E-state index is 0.116. The molecule has 0 radical (unpaired) electrons. The van der Waals surface area contributed by atoms with Crippen LogP contribution in [0, 0.1) is 6.92 Å². The lowest BCUT2D eigenvalue weighted by molar-refractivity contribution is -0.136. The first kappa shape index (κ1) is 10.1. The van der Waals surface area contributed by atoms with Crippen molar-refractivity contribution in [2.24, 2.45) is 0 Å². The van der Waals surface area contributed by atoms with Crippen molar-refractivity contribution >= 4 is 28.5 Å². The van der Waals surface area contributed by atoms with Gasteiger partial charge in [0, 0.05) is 10.9 Å². The SMILES string of the molecule is Cc1ccc2c(CC(=O)O)c(Cl)oc2c1. The van der Waals surface area contributed by atoms with Crippen molar-refractivity contribution in [1.82, 2.24) is 0 Å². The second-order valence-electron chi connectivity index (χ2n) is 3.42. The maximum atomic E-state index is 10.6. The zero-order valence-electron chi connectivity index (χ0n) is 8.08. The Morgan fingerprint density at radius 2 is 2.27 bits per heavy atom. The van der Waals surface area contributed by atoms with Crippen LogP contribution < -0.4 is 0 Å². The van der Waals surface area contributed by atoms with E-state index < -0.39 is 5.97 Å². The summed E-state index contributed by atoms with van der Waals surface area (Å²) in [5, 5.41) is 9.66. The first-order chi connectivity index (χ1) is 7.08. The Hall–Kier alpha value is -1.48. The summed E-state index contributed by atoms with van der Waals surface area (Å²) in [6.07, 6.45) is -0.116. The summed E-state index contributed by atoms with van der Waals surface area (Å²) in [4.78, 5) is 10.6. The van der Waals surface area contributed by atoms with Gasteiger partial charge in [0.25, 0.3) is 0 Å². The average Bonchev–Trinajstić information content (AvgIpc) is 2.41. The van der Waals surface area contributed by atoms with Crippen LogP contribution >= 0.6 is 11.6 Å². The molecule has 0 aliphatic rings. The van der Waals surface area contributed by atoms with Gasteiger partial charge in [0.1, 0.15) is 5.58 Å². The summed E-state index contributed by atoms with van der Waals surface area (Å²) < 4.78 is 5.28. The number of furan rings is 1. The number of carboxylic acid groups (broad SMARTS) is 1. The Bertz CT molecular complexity index is 528. The van der Waals surface area contributed by atoms with E-state index in [4.69, 9.17) is 21.1 Å². The van der Waals surface area contributed by atoms with E-state index in [1.54, 1.807) is 0 Å². The summed E-state index contributed by atoms with van der Waals surface area (Å²) >= 11 is 5.83. The van der Waals surface area contributed by atoms with Crippen LogP contribution in [0.5, 0.6) is 0 Å². The molecule has 0 amide bonds. The molecule has 0 saturated carbocycles. The van der Waals surface area contributed by atoms with E-state index in [0.717, 1.165) is 10.9 Å². The highest BCUT2D eigenvalue weighted by Crippen LogP contribution is 2.30. The molecule has 15 heavy (non-hydrogen) atoms. The Morgan fingerprint density at radius 3 is 2.93 bits per heavy atom. The van der Waals surface area contributed by atoms with Gasteiger partial charge in [-0.3, -0.25) is 4.79 Å². The molecule has 0 aliphatic carbocycles. The van der Waals surface area contributed by atoms with Crippen molar-refractivity contribution in [3.8, 4) is 0 Å². The predicted octanol–water partition coefficient (Wildman–Crippen LogP) is 3.02. The number of halogens is 1. The summed E-state index contributed by atoms with van der Waals surface area (Å²) in [6, 6.07) is 5.57. The highest BCUT2D eigenvalue weighted by molar-refractivity contribution is 6.31. The molecule has 0 aliphatic heterocycles. The molecule has 0 fully saturated rings. The summed E-state index contributed by atoms with van der Waals surface area (Å²) in [5.74, 6) is -0.917. The van der Waals surface area contributed by atoms with E-state index in [1.807, 2.05) is 25.1 Å². The van der Waals surface area contributed by atoms with Crippen LogP contribution in [0.4, 0.5) is 0 Å². The van der Waals surface area contributed by atoms with Gasteiger partial charge in [0.05, 0.1) is 6.42 Å². The Balaban J connectivity index is 2.63. The van der Waals surface area contributed by atoms with Gasteiger partial charge in [0.2, 0.25) is 0 Å². The number of aryl methyl sites for hydroxylation is 1. The minimum atomic E-state index is -0.917. The molecule has 1 heterocycles. The Morgan fingerprint density at radius 1 is 1.53 bits per heavy atom. The van der Waals surface area contributed by atoms with Gasteiger partial charge >= 0.3 is 5.97 Å². The molecule has 1 aromatic carbocycles. The second-order valence-corrected chi connectivity index (χ2v) is 3.77. The van der Waals surface area contributed by atoms with Gasteiger partial charge in [-0.25, -0.2) is 0 Å². The maximum absolute atomic E-state index is 10.6. The van der Waals surface area contributed by atoms with Gasteiger partial charge in [-0.2, -0.15) is 0 Å². The van der Waals surface area contributed by atoms with Crippen molar-refractivity contribution in [2.45, 2.75) is 13.3 Å². The van der Waals surface area contributed by atoms with E-state index in [9.17, 15) is 4.79 Å². The average molecular weight is 225 g/mol. The highest BCUT2D eigenvalue weighted by atomic mass is 35.5. The number of carbonyl (C=O) groups is 1. The van der Waals surface area contributed by atoms with Crippen LogP contribution in [0.1, 0.15) is 11.1 Å². The number of hydrogen-bond acceptors (Lipinski definition) is 2. The minimum Gasteiger partial charge on any atom is -0.481 e. The lowest BCUT2D eigenvalue weighted by atomic mass is 10.1. The molecule has 2 aromatic rings. The van der Waals surface area contributed by atoms with Crippen LogP contribution in [0.25, 0.3) is 11.0 Å². The van der Waals surface area contributed by atoms with Gasteiger partial charge in [0.15, 0.2) is 5.22 Å². The van der Waals surface area contributed by atoms with E-state index in [1.165, 1.54) is 0 Å². The molecule has 0 bridgehead atoms. The molecule has 0 spiro atoms. The van der Waals surface area contributed by atoms with Gasteiger partial charge in [-0.15, -0.1) is 0 Å². The molecule has 0 unspecified atom stereocenters. The Labute approximate surface area is 91.3 Å². The molecule has 1 N–H and O–H groups in total. The number of fused-ring (bicyclic) bond motifs is 1. The molecule has 4 heteroatoms. The Kier molecular flexibility index (Phi) is 2.40. The summed E-state index contributed by atoms with van der Waals surface area (Å²) in [6.45, 7) is 1.94. The van der Waals surface area contributed by atoms with E-state index >= 15 is 0 Å². The van der Waals surface area contributed by atoms with E-state index in [-0.39, 0.29) is 11.6 Å². The van der Waals surface area contributed by atoms with Crippen molar-refractivity contribution in [1.29, 1.82) is 0 Å². The van der Waals surface area contributed by atoms with Crippen LogP contribution in [0.2, 0.25) is 5.22 Å². The fourth-order valence-electron chi connectivity index (χ4n) is 1.54. The normalized spacial score (nSPS) is 10.8. The molecule has 2 rings (SSSR count). The summed E-state index contributed by atoms with van der Waals surface area (Å²) in [7, 11) is 0. The number of carboxylic acids is 1. The quantitative estimate of drug-likeness (QED) is 0.853. The van der Waals surface area contributed by atoms with Crippen molar-refractivity contribution in [3.05, 3.63) is 34.5 Å².